The van der Waals surface area contributed by atoms with Crippen LogP contribution in [0, 0.1) is 38.5 Å². The first-order chi connectivity index (χ1) is 15.0. The van der Waals surface area contributed by atoms with Gasteiger partial charge < -0.3 is 9.84 Å². The maximum atomic E-state index is 10.4. The average Bonchev–Trinajstić information content (AvgIpc) is 2.72. The zero-order valence-corrected chi connectivity index (χ0v) is 22.9. The van der Waals surface area contributed by atoms with Gasteiger partial charge in [-0.25, -0.2) is 0 Å². The molecular formula is C29H49ClO2. The second-order valence-corrected chi connectivity index (χ2v) is 12.0. The van der Waals surface area contributed by atoms with E-state index in [2.05, 4.69) is 34.6 Å². The Labute approximate surface area is 203 Å². The quantitative estimate of drug-likeness (QED) is 0.312. The van der Waals surface area contributed by atoms with E-state index in [1.54, 1.807) is 0 Å². The summed E-state index contributed by atoms with van der Waals surface area (Å²) in [5, 5.41) is 10.4. The van der Waals surface area contributed by atoms with Crippen molar-refractivity contribution in [3.05, 3.63) is 22.3 Å². The van der Waals surface area contributed by atoms with E-state index in [1.165, 1.54) is 44.9 Å². The largest absolute Gasteiger partial charge is 0.507 e. The van der Waals surface area contributed by atoms with Crippen molar-refractivity contribution in [2.75, 3.05) is 0 Å². The molecule has 0 spiro atoms. The average molecular weight is 465 g/mol. The number of aromatic hydroxyl groups is 1. The predicted molar refractivity (Wildman–Crippen MR) is 139 cm³/mol. The predicted octanol–water partition coefficient (Wildman–Crippen LogP) is 9.06. The van der Waals surface area contributed by atoms with Crippen LogP contribution in [0.3, 0.4) is 0 Å². The van der Waals surface area contributed by atoms with E-state index in [4.69, 9.17) is 16.3 Å². The summed E-state index contributed by atoms with van der Waals surface area (Å²) in [6.45, 7) is 17.6. The molecule has 0 radical (unpaired) electrons. The molecule has 2 rings (SSSR count). The molecule has 1 aromatic carbocycles. The van der Waals surface area contributed by atoms with Crippen molar-refractivity contribution in [3.63, 3.8) is 0 Å². The zero-order chi connectivity index (χ0) is 24.1. The van der Waals surface area contributed by atoms with Crippen LogP contribution in [0.5, 0.6) is 11.5 Å². The number of phenols is 1. The topological polar surface area (TPSA) is 29.5 Å². The molecule has 0 bridgehead atoms. The van der Waals surface area contributed by atoms with Gasteiger partial charge in [0.05, 0.1) is 5.38 Å². The third-order valence-electron chi connectivity index (χ3n) is 7.96. The van der Waals surface area contributed by atoms with Crippen LogP contribution in [0.2, 0.25) is 0 Å². The van der Waals surface area contributed by atoms with Gasteiger partial charge >= 0.3 is 0 Å². The molecule has 3 heteroatoms. The molecule has 4 atom stereocenters. The maximum Gasteiger partial charge on any atom is 0.127 e. The Hall–Kier alpha value is -0.890. The minimum absolute atomic E-state index is 0.0720. The molecule has 0 amide bonds. The second-order valence-electron chi connectivity index (χ2n) is 11.5. The molecule has 1 aliphatic rings. The second kappa shape index (κ2) is 12.0. The van der Waals surface area contributed by atoms with Crippen LogP contribution >= 0.6 is 11.6 Å². The van der Waals surface area contributed by atoms with Crippen LogP contribution in [-0.4, -0.2) is 16.1 Å². The lowest BCUT2D eigenvalue weighted by molar-refractivity contribution is 0.0553. The van der Waals surface area contributed by atoms with Crippen molar-refractivity contribution in [2.24, 2.45) is 17.8 Å². The highest BCUT2D eigenvalue weighted by molar-refractivity contribution is 6.21. The van der Waals surface area contributed by atoms with Crippen molar-refractivity contribution in [3.8, 4) is 11.5 Å². The van der Waals surface area contributed by atoms with E-state index in [1.807, 2.05) is 20.8 Å². The zero-order valence-electron chi connectivity index (χ0n) is 22.1. The molecule has 32 heavy (non-hydrogen) atoms. The van der Waals surface area contributed by atoms with Gasteiger partial charge in [-0.1, -0.05) is 72.6 Å². The van der Waals surface area contributed by atoms with Gasteiger partial charge in [0, 0.05) is 5.56 Å². The summed E-state index contributed by atoms with van der Waals surface area (Å²) in [7, 11) is 0. The van der Waals surface area contributed by atoms with Crippen LogP contribution in [0.1, 0.15) is 115 Å². The number of benzene rings is 1. The molecule has 0 saturated heterocycles. The number of phenolic OH excluding ortho intramolecular Hbond substituents is 1. The molecular weight excluding hydrogens is 416 g/mol. The Bertz CT molecular complexity index is 741. The molecule has 1 heterocycles. The van der Waals surface area contributed by atoms with Gasteiger partial charge in [-0.15, -0.1) is 11.6 Å². The van der Waals surface area contributed by atoms with Crippen molar-refractivity contribution in [1.82, 2.24) is 0 Å². The number of fused-ring (bicyclic) bond motifs is 1. The van der Waals surface area contributed by atoms with E-state index in [-0.39, 0.29) is 11.0 Å². The lowest BCUT2D eigenvalue weighted by Gasteiger charge is -2.41. The van der Waals surface area contributed by atoms with E-state index in [0.717, 1.165) is 65.0 Å². The number of hydrogen-bond acceptors (Lipinski definition) is 2. The molecule has 0 aliphatic carbocycles. The Morgan fingerprint density at radius 1 is 0.875 bits per heavy atom. The van der Waals surface area contributed by atoms with Crippen molar-refractivity contribution >= 4 is 11.6 Å². The van der Waals surface area contributed by atoms with Crippen molar-refractivity contribution < 1.29 is 9.84 Å². The van der Waals surface area contributed by atoms with Gasteiger partial charge in [-0.3, -0.25) is 0 Å². The summed E-state index contributed by atoms with van der Waals surface area (Å²) in [6, 6.07) is 0. The molecule has 1 N–H and O–H groups in total. The normalized spacial score (nSPS) is 22.5. The van der Waals surface area contributed by atoms with E-state index in [9.17, 15) is 5.11 Å². The number of alkyl halides is 1. The first-order valence-electron chi connectivity index (χ1n) is 13.1. The maximum absolute atomic E-state index is 10.4. The highest BCUT2D eigenvalue weighted by Crippen LogP contribution is 2.46. The lowest BCUT2D eigenvalue weighted by atomic mass is 9.83. The molecule has 184 valence electrons. The minimum Gasteiger partial charge on any atom is -0.507 e. The van der Waals surface area contributed by atoms with Crippen LogP contribution < -0.4 is 4.74 Å². The van der Waals surface area contributed by atoms with Crippen LogP contribution in [0.25, 0.3) is 0 Å². The van der Waals surface area contributed by atoms with Crippen molar-refractivity contribution in [1.29, 1.82) is 0 Å². The highest BCUT2D eigenvalue weighted by atomic mass is 35.5. The Balaban J connectivity index is 1.80. The van der Waals surface area contributed by atoms with Crippen molar-refractivity contribution in [2.45, 2.75) is 131 Å². The van der Waals surface area contributed by atoms with E-state index in [0.29, 0.717) is 5.75 Å². The van der Waals surface area contributed by atoms with Gasteiger partial charge in [0.25, 0.3) is 0 Å². The number of ether oxygens (including phenoxy) is 1. The first-order valence-corrected chi connectivity index (χ1v) is 13.5. The SMILES string of the molecule is Cc1c(C)c2c(c(C)c1O)CC(Cl)[C@](C)(CCC[C@H](C)CCC[C@@H](C)CCCC(C)C)O2. The van der Waals surface area contributed by atoms with Crippen LogP contribution in [0.15, 0.2) is 0 Å². The molecule has 1 aliphatic heterocycles. The molecule has 1 aromatic rings. The lowest BCUT2D eigenvalue weighted by Crippen LogP contribution is -2.46. The number of rotatable bonds is 12. The van der Waals surface area contributed by atoms with Gasteiger partial charge in [0.15, 0.2) is 0 Å². The Morgan fingerprint density at radius 3 is 1.97 bits per heavy atom. The van der Waals surface area contributed by atoms with Crippen LogP contribution in [0.4, 0.5) is 0 Å². The fourth-order valence-corrected chi connectivity index (χ4v) is 5.54. The Morgan fingerprint density at radius 2 is 1.41 bits per heavy atom. The monoisotopic (exact) mass is 464 g/mol. The molecule has 0 aromatic heterocycles. The standard InChI is InChI=1S/C29H49ClO2/c1-19(2)12-9-13-20(3)14-10-15-21(4)16-11-17-29(8)26(30)18-25-24(7)27(31)22(5)23(6)28(25)32-29/h19-21,26,31H,9-18H2,1-8H3/t20-,21+,26?,29-/m0/s1. The molecule has 2 nitrogen and oxygen atoms in total. The third-order valence-corrected chi connectivity index (χ3v) is 8.58. The smallest absolute Gasteiger partial charge is 0.127 e. The number of halogens is 1. The third kappa shape index (κ3) is 7.05. The summed E-state index contributed by atoms with van der Waals surface area (Å²) < 4.78 is 6.58. The Kier molecular flexibility index (Phi) is 10.3. The van der Waals surface area contributed by atoms with Gasteiger partial charge in [0.2, 0.25) is 0 Å². The van der Waals surface area contributed by atoms with Crippen LogP contribution in [-0.2, 0) is 6.42 Å². The first kappa shape index (κ1) is 27.4. The minimum atomic E-state index is -0.347. The summed E-state index contributed by atoms with van der Waals surface area (Å²) in [6.07, 6.45) is 12.3. The molecule has 0 fully saturated rings. The van der Waals surface area contributed by atoms with Gasteiger partial charge in [-0.2, -0.15) is 0 Å². The van der Waals surface area contributed by atoms with Gasteiger partial charge in [-0.05, 0) is 81.4 Å². The fourth-order valence-electron chi connectivity index (χ4n) is 5.23. The summed E-state index contributed by atoms with van der Waals surface area (Å²) in [4.78, 5) is 0. The van der Waals surface area contributed by atoms with Gasteiger partial charge in [0.1, 0.15) is 17.1 Å². The number of hydrogen-bond donors (Lipinski definition) is 1. The fraction of sp³-hybridized carbons (Fsp3) is 0.793. The molecule has 1 unspecified atom stereocenters. The summed E-state index contributed by atoms with van der Waals surface area (Å²) in [5.41, 5.74) is 3.62. The summed E-state index contributed by atoms with van der Waals surface area (Å²) in [5.74, 6) is 3.80. The molecule has 0 saturated carbocycles. The van der Waals surface area contributed by atoms with E-state index < -0.39 is 0 Å². The summed E-state index contributed by atoms with van der Waals surface area (Å²) >= 11 is 6.86. The van der Waals surface area contributed by atoms with E-state index >= 15 is 0 Å². The highest BCUT2D eigenvalue weighted by Gasteiger charge is 2.41.